The number of hydrogen-bond acceptors (Lipinski definition) is 3. The van der Waals surface area contributed by atoms with Gasteiger partial charge < -0.3 is 10.6 Å². The standard InChI is InChI=1S/C15H19N3O2/c1-11(19)17-13-8-5-9-16-15(13)18-14(20)10-12-6-3-2-4-7-12/h5-6,8-9H,2-4,7,10H2,1H3,(H,17,19)(H,16,18,20). The molecule has 1 aromatic heterocycles. The van der Waals surface area contributed by atoms with E-state index in [-0.39, 0.29) is 11.8 Å². The summed E-state index contributed by atoms with van der Waals surface area (Å²) in [5, 5.41) is 5.41. The molecule has 2 N–H and O–H groups in total. The summed E-state index contributed by atoms with van der Waals surface area (Å²) in [6, 6.07) is 3.43. The van der Waals surface area contributed by atoms with Crippen LogP contribution in [-0.2, 0) is 9.59 Å². The van der Waals surface area contributed by atoms with E-state index in [2.05, 4.69) is 21.7 Å². The number of rotatable bonds is 4. The molecule has 0 unspecified atom stereocenters. The number of nitrogens with one attached hydrogen (secondary N) is 2. The molecular formula is C15H19N3O2. The minimum Gasteiger partial charge on any atom is -0.323 e. The second kappa shape index (κ2) is 6.84. The fraction of sp³-hybridized carbons (Fsp3) is 0.400. The molecule has 20 heavy (non-hydrogen) atoms. The van der Waals surface area contributed by atoms with Gasteiger partial charge in [0.05, 0.1) is 5.69 Å². The SMILES string of the molecule is CC(=O)Nc1cccnc1NC(=O)CC1=CCCCC1. The fourth-order valence-electron chi connectivity index (χ4n) is 2.24. The van der Waals surface area contributed by atoms with Crippen molar-refractivity contribution < 1.29 is 9.59 Å². The third-order valence-corrected chi connectivity index (χ3v) is 3.15. The zero-order valence-corrected chi connectivity index (χ0v) is 11.6. The van der Waals surface area contributed by atoms with Crippen LogP contribution in [0.15, 0.2) is 30.0 Å². The van der Waals surface area contributed by atoms with Gasteiger partial charge in [-0.3, -0.25) is 9.59 Å². The first kappa shape index (κ1) is 14.2. The minimum absolute atomic E-state index is 0.0940. The number of nitrogens with zero attached hydrogens (tertiary/aromatic N) is 1. The van der Waals surface area contributed by atoms with Crippen LogP contribution in [0.3, 0.4) is 0 Å². The summed E-state index contributed by atoms with van der Waals surface area (Å²) < 4.78 is 0. The number of pyridine rings is 1. The second-order valence-electron chi connectivity index (χ2n) is 4.91. The number of amides is 2. The number of allylic oxidation sites excluding steroid dienone is 1. The maximum Gasteiger partial charge on any atom is 0.229 e. The molecule has 106 valence electrons. The lowest BCUT2D eigenvalue weighted by molar-refractivity contribution is -0.116. The Morgan fingerprint density at radius 3 is 2.85 bits per heavy atom. The number of hydrogen-bond donors (Lipinski definition) is 2. The zero-order chi connectivity index (χ0) is 14.4. The highest BCUT2D eigenvalue weighted by atomic mass is 16.2. The Morgan fingerprint density at radius 2 is 2.15 bits per heavy atom. The molecular weight excluding hydrogens is 254 g/mol. The van der Waals surface area contributed by atoms with Crippen molar-refractivity contribution in [2.45, 2.75) is 39.0 Å². The molecule has 1 aromatic rings. The average molecular weight is 273 g/mol. The third-order valence-electron chi connectivity index (χ3n) is 3.15. The number of carbonyl (C=O) groups is 2. The van der Waals surface area contributed by atoms with Gasteiger partial charge in [-0.1, -0.05) is 11.6 Å². The van der Waals surface area contributed by atoms with Crippen LogP contribution in [-0.4, -0.2) is 16.8 Å². The number of carbonyl (C=O) groups excluding carboxylic acids is 2. The maximum absolute atomic E-state index is 12.0. The smallest absolute Gasteiger partial charge is 0.229 e. The van der Waals surface area contributed by atoms with Crippen LogP contribution in [0.5, 0.6) is 0 Å². The van der Waals surface area contributed by atoms with Gasteiger partial charge in [0, 0.05) is 19.5 Å². The molecule has 0 aliphatic heterocycles. The van der Waals surface area contributed by atoms with Crippen LogP contribution in [0.4, 0.5) is 11.5 Å². The summed E-state index contributed by atoms with van der Waals surface area (Å²) in [5.74, 6) is 0.107. The molecule has 0 radical (unpaired) electrons. The Labute approximate surface area is 118 Å². The van der Waals surface area contributed by atoms with Crippen molar-refractivity contribution in [1.82, 2.24) is 4.98 Å². The van der Waals surface area contributed by atoms with Crippen molar-refractivity contribution in [1.29, 1.82) is 0 Å². The summed E-state index contributed by atoms with van der Waals surface area (Å²) in [4.78, 5) is 27.2. The Kier molecular flexibility index (Phi) is 4.87. The van der Waals surface area contributed by atoms with Gasteiger partial charge in [-0.05, 0) is 37.8 Å². The Balaban J connectivity index is 2.00. The Bertz CT molecular complexity index is 538. The molecule has 0 atom stereocenters. The first-order valence-corrected chi connectivity index (χ1v) is 6.85. The van der Waals surface area contributed by atoms with Crippen molar-refractivity contribution in [3.63, 3.8) is 0 Å². The molecule has 2 rings (SSSR count). The molecule has 2 amide bonds. The number of aromatic nitrogens is 1. The Hall–Kier alpha value is -2.17. The van der Waals surface area contributed by atoms with Gasteiger partial charge in [-0.25, -0.2) is 4.98 Å². The van der Waals surface area contributed by atoms with E-state index in [1.54, 1.807) is 18.3 Å². The highest BCUT2D eigenvalue weighted by Crippen LogP contribution is 2.22. The summed E-state index contributed by atoms with van der Waals surface area (Å²) in [6.45, 7) is 1.42. The van der Waals surface area contributed by atoms with E-state index in [1.165, 1.54) is 18.9 Å². The molecule has 1 aliphatic carbocycles. The van der Waals surface area contributed by atoms with Crippen LogP contribution >= 0.6 is 0 Å². The summed E-state index contributed by atoms with van der Waals surface area (Å²) in [7, 11) is 0. The lowest BCUT2D eigenvalue weighted by Crippen LogP contribution is -2.16. The molecule has 5 heteroatoms. The van der Waals surface area contributed by atoms with E-state index in [0.717, 1.165) is 19.3 Å². The van der Waals surface area contributed by atoms with Gasteiger partial charge in [0.1, 0.15) is 0 Å². The number of anilines is 2. The molecule has 0 saturated heterocycles. The van der Waals surface area contributed by atoms with E-state index >= 15 is 0 Å². The lowest BCUT2D eigenvalue weighted by Gasteiger charge is -2.13. The molecule has 0 spiro atoms. The highest BCUT2D eigenvalue weighted by Gasteiger charge is 2.12. The highest BCUT2D eigenvalue weighted by molar-refractivity contribution is 5.98. The molecule has 0 aromatic carbocycles. The van der Waals surface area contributed by atoms with Crippen LogP contribution in [0.1, 0.15) is 39.0 Å². The largest absolute Gasteiger partial charge is 0.323 e. The first-order valence-electron chi connectivity index (χ1n) is 6.85. The molecule has 5 nitrogen and oxygen atoms in total. The second-order valence-corrected chi connectivity index (χ2v) is 4.91. The minimum atomic E-state index is -0.191. The topological polar surface area (TPSA) is 71.1 Å². The van der Waals surface area contributed by atoms with Gasteiger partial charge in [0.25, 0.3) is 0 Å². The molecule has 0 fully saturated rings. The Morgan fingerprint density at radius 1 is 1.30 bits per heavy atom. The van der Waals surface area contributed by atoms with E-state index in [1.807, 2.05) is 0 Å². The molecule has 0 bridgehead atoms. The van der Waals surface area contributed by atoms with Crippen molar-refractivity contribution in [2.24, 2.45) is 0 Å². The average Bonchev–Trinajstić information content (AvgIpc) is 2.41. The van der Waals surface area contributed by atoms with Gasteiger partial charge in [-0.2, -0.15) is 0 Å². The monoisotopic (exact) mass is 273 g/mol. The molecule has 0 saturated carbocycles. The maximum atomic E-state index is 12.0. The molecule has 1 heterocycles. The van der Waals surface area contributed by atoms with Crippen molar-refractivity contribution in [2.75, 3.05) is 10.6 Å². The quantitative estimate of drug-likeness (QED) is 0.829. The van der Waals surface area contributed by atoms with Gasteiger partial charge in [0.15, 0.2) is 5.82 Å². The van der Waals surface area contributed by atoms with Crippen molar-refractivity contribution >= 4 is 23.3 Å². The van der Waals surface area contributed by atoms with Gasteiger partial charge in [-0.15, -0.1) is 0 Å². The van der Waals surface area contributed by atoms with E-state index < -0.39 is 0 Å². The summed E-state index contributed by atoms with van der Waals surface area (Å²) >= 11 is 0. The predicted molar refractivity (Wildman–Crippen MR) is 78.3 cm³/mol. The summed E-state index contributed by atoms with van der Waals surface area (Å²) in [5.41, 5.74) is 1.71. The van der Waals surface area contributed by atoms with Crippen LogP contribution < -0.4 is 10.6 Å². The van der Waals surface area contributed by atoms with Crippen LogP contribution in [0.2, 0.25) is 0 Å². The van der Waals surface area contributed by atoms with Crippen LogP contribution in [0.25, 0.3) is 0 Å². The van der Waals surface area contributed by atoms with E-state index in [9.17, 15) is 9.59 Å². The van der Waals surface area contributed by atoms with Gasteiger partial charge in [0.2, 0.25) is 11.8 Å². The lowest BCUT2D eigenvalue weighted by atomic mass is 9.97. The normalized spacial score (nSPS) is 14.3. The van der Waals surface area contributed by atoms with E-state index in [0.29, 0.717) is 17.9 Å². The summed E-state index contributed by atoms with van der Waals surface area (Å²) in [6.07, 6.45) is 8.54. The molecule has 1 aliphatic rings. The predicted octanol–water partition coefficient (Wildman–Crippen LogP) is 2.87. The van der Waals surface area contributed by atoms with Gasteiger partial charge >= 0.3 is 0 Å². The van der Waals surface area contributed by atoms with Crippen LogP contribution in [0, 0.1) is 0 Å². The zero-order valence-electron chi connectivity index (χ0n) is 11.6. The first-order chi connectivity index (χ1) is 9.65. The van der Waals surface area contributed by atoms with Crippen molar-refractivity contribution in [3.05, 3.63) is 30.0 Å². The van der Waals surface area contributed by atoms with E-state index in [4.69, 9.17) is 0 Å². The fourth-order valence-corrected chi connectivity index (χ4v) is 2.24. The van der Waals surface area contributed by atoms with Crippen molar-refractivity contribution in [3.8, 4) is 0 Å². The third kappa shape index (κ3) is 4.19.